The van der Waals surface area contributed by atoms with Crippen LogP contribution in [0.5, 0.6) is 0 Å². The van der Waals surface area contributed by atoms with Crippen molar-refractivity contribution in [2.75, 3.05) is 12.4 Å². The van der Waals surface area contributed by atoms with E-state index in [9.17, 15) is 0 Å². The van der Waals surface area contributed by atoms with Crippen molar-refractivity contribution in [1.29, 1.82) is 0 Å². The molecule has 0 fully saturated rings. The lowest BCUT2D eigenvalue weighted by Gasteiger charge is -2.05. The maximum atomic E-state index is 4.58. The Morgan fingerprint density at radius 3 is 3.05 bits per heavy atom. The first-order valence-corrected chi connectivity index (χ1v) is 7.66. The van der Waals surface area contributed by atoms with Crippen LogP contribution in [0.25, 0.3) is 10.2 Å². The molecule has 5 nitrogen and oxygen atoms in total. The van der Waals surface area contributed by atoms with Crippen molar-refractivity contribution in [2.45, 2.75) is 10.9 Å². The molecule has 0 unspecified atom stereocenters. The molecular weight excluding hydrogens is 278 g/mol. The van der Waals surface area contributed by atoms with E-state index in [0.29, 0.717) is 5.75 Å². The summed E-state index contributed by atoms with van der Waals surface area (Å²) in [6, 6.07) is 2.04. The topological polar surface area (TPSA) is 55.6 Å². The zero-order valence-corrected chi connectivity index (χ0v) is 12.3. The Balaban J connectivity index is 1.86. The smallest absolute Gasteiger partial charge is 0.168 e. The second-order valence-corrected chi connectivity index (χ2v) is 5.82. The molecule has 0 radical (unpaired) electrons. The number of hydrogen-bond donors (Lipinski definition) is 1. The van der Waals surface area contributed by atoms with E-state index in [-0.39, 0.29) is 0 Å². The Labute approximate surface area is 119 Å². The summed E-state index contributed by atoms with van der Waals surface area (Å²) in [6.45, 7) is 0. The van der Waals surface area contributed by atoms with Crippen LogP contribution >= 0.6 is 23.1 Å². The lowest BCUT2D eigenvalue weighted by Crippen LogP contribution is -2.00. The molecule has 0 saturated heterocycles. The van der Waals surface area contributed by atoms with Gasteiger partial charge in [-0.05, 0) is 11.4 Å². The third-order valence-electron chi connectivity index (χ3n) is 2.72. The van der Waals surface area contributed by atoms with Gasteiger partial charge in [0.2, 0.25) is 0 Å². The van der Waals surface area contributed by atoms with Crippen LogP contribution in [0.4, 0.5) is 5.82 Å². The van der Waals surface area contributed by atoms with Crippen molar-refractivity contribution >= 4 is 39.1 Å². The fraction of sp³-hybridized carbons (Fsp3) is 0.250. The van der Waals surface area contributed by atoms with Gasteiger partial charge < -0.3 is 9.88 Å². The van der Waals surface area contributed by atoms with Crippen molar-refractivity contribution < 1.29 is 0 Å². The SMILES string of the molecule is CNc1nc(CSc2nccn2C)nc2sccc12. The molecule has 0 saturated carbocycles. The molecule has 3 rings (SSSR count). The first kappa shape index (κ1) is 12.4. The second-order valence-electron chi connectivity index (χ2n) is 3.99. The number of nitrogens with one attached hydrogen (secondary N) is 1. The molecule has 7 heteroatoms. The number of anilines is 1. The molecule has 0 aliphatic heterocycles. The fourth-order valence-electron chi connectivity index (χ4n) is 1.77. The van der Waals surface area contributed by atoms with Gasteiger partial charge in [0.25, 0.3) is 0 Å². The summed E-state index contributed by atoms with van der Waals surface area (Å²) >= 11 is 3.28. The van der Waals surface area contributed by atoms with Crippen LogP contribution in [0, 0.1) is 0 Å². The van der Waals surface area contributed by atoms with Gasteiger partial charge in [0, 0.05) is 26.5 Å². The molecule has 0 amide bonds. The Morgan fingerprint density at radius 2 is 2.32 bits per heavy atom. The van der Waals surface area contributed by atoms with E-state index in [1.165, 1.54) is 0 Å². The van der Waals surface area contributed by atoms with Gasteiger partial charge in [0.15, 0.2) is 5.16 Å². The van der Waals surface area contributed by atoms with Gasteiger partial charge in [0.1, 0.15) is 16.5 Å². The van der Waals surface area contributed by atoms with Gasteiger partial charge in [-0.1, -0.05) is 11.8 Å². The first-order valence-electron chi connectivity index (χ1n) is 5.80. The number of thioether (sulfide) groups is 1. The summed E-state index contributed by atoms with van der Waals surface area (Å²) in [5.74, 6) is 2.43. The maximum absolute atomic E-state index is 4.58. The highest BCUT2D eigenvalue weighted by Crippen LogP contribution is 2.27. The molecule has 0 aliphatic rings. The van der Waals surface area contributed by atoms with Crippen molar-refractivity contribution in [3.8, 4) is 0 Å². The lowest BCUT2D eigenvalue weighted by molar-refractivity contribution is 0.789. The molecule has 0 bridgehead atoms. The third kappa shape index (κ3) is 2.43. The first-order chi connectivity index (χ1) is 9.28. The number of fused-ring (bicyclic) bond motifs is 1. The predicted molar refractivity (Wildman–Crippen MR) is 79.7 cm³/mol. The van der Waals surface area contributed by atoms with Gasteiger partial charge >= 0.3 is 0 Å². The van der Waals surface area contributed by atoms with Crippen LogP contribution in [0.3, 0.4) is 0 Å². The zero-order valence-electron chi connectivity index (χ0n) is 10.6. The van der Waals surface area contributed by atoms with Gasteiger partial charge in [-0.25, -0.2) is 15.0 Å². The third-order valence-corrected chi connectivity index (χ3v) is 4.58. The van der Waals surface area contributed by atoms with Crippen LogP contribution in [0.15, 0.2) is 29.0 Å². The average Bonchev–Trinajstić information content (AvgIpc) is 3.04. The van der Waals surface area contributed by atoms with Crippen LogP contribution in [0.2, 0.25) is 0 Å². The number of aromatic nitrogens is 4. The molecule has 0 atom stereocenters. The van der Waals surface area contributed by atoms with E-state index in [4.69, 9.17) is 0 Å². The quantitative estimate of drug-likeness (QED) is 0.749. The Bertz CT molecular complexity index is 703. The molecule has 3 aromatic rings. The average molecular weight is 291 g/mol. The lowest BCUT2D eigenvalue weighted by atomic mass is 10.4. The molecule has 98 valence electrons. The highest BCUT2D eigenvalue weighted by atomic mass is 32.2. The number of nitrogens with zero attached hydrogens (tertiary/aromatic N) is 4. The summed E-state index contributed by atoms with van der Waals surface area (Å²) in [4.78, 5) is 14.4. The summed E-state index contributed by atoms with van der Waals surface area (Å²) in [5, 5.41) is 7.22. The minimum absolute atomic E-state index is 0.716. The van der Waals surface area contributed by atoms with Crippen LogP contribution in [0.1, 0.15) is 5.82 Å². The summed E-state index contributed by atoms with van der Waals surface area (Å²) in [5.41, 5.74) is 0. The van der Waals surface area contributed by atoms with Crippen molar-refractivity contribution in [2.24, 2.45) is 7.05 Å². The van der Waals surface area contributed by atoms with E-state index < -0.39 is 0 Å². The highest BCUT2D eigenvalue weighted by molar-refractivity contribution is 7.98. The van der Waals surface area contributed by atoms with E-state index in [0.717, 1.165) is 27.0 Å². The Morgan fingerprint density at radius 1 is 1.42 bits per heavy atom. The number of aryl methyl sites for hydroxylation is 1. The van der Waals surface area contributed by atoms with E-state index in [2.05, 4.69) is 20.3 Å². The normalized spacial score (nSPS) is 11.1. The number of rotatable bonds is 4. The molecule has 19 heavy (non-hydrogen) atoms. The summed E-state index contributed by atoms with van der Waals surface area (Å²) < 4.78 is 1.99. The number of hydrogen-bond acceptors (Lipinski definition) is 6. The van der Waals surface area contributed by atoms with Crippen molar-refractivity contribution in [3.05, 3.63) is 29.7 Å². The molecule has 3 aromatic heterocycles. The van der Waals surface area contributed by atoms with Crippen LogP contribution < -0.4 is 5.32 Å². The summed E-state index contributed by atoms with van der Waals surface area (Å²) in [6.07, 6.45) is 3.73. The molecule has 1 N–H and O–H groups in total. The van der Waals surface area contributed by atoms with E-state index in [1.54, 1.807) is 29.3 Å². The van der Waals surface area contributed by atoms with Crippen LogP contribution in [-0.2, 0) is 12.8 Å². The van der Waals surface area contributed by atoms with Crippen LogP contribution in [-0.4, -0.2) is 26.6 Å². The van der Waals surface area contributed by atoms with E-state index >= 15 is 0 Å². The Hall–Kier alpha value is -1.60. The molecule has 0 aliphatic carbocycles. The van der Waals surface area contributed by atoms with Crippen molar-refractivity contribution in [1.82, 2.24) is 19.5 Å². The molecule has 3 heterocycles. The number of thiophene rings is 1. The largest absolute Gasteiger partial charge is 0.372 e. The summed E-state index contributed by atoms with van der Waals surface area (Å²) in [7, 11) is 3.87. The Kier molecular flexibility index (Phi) is 3.39. The maximum Gasteiger partial charge on any atom is 0.168 e. The van der Waals surface area contributed by atoms with E-state index in [1.807, 2.05) is 36.3 Å². The minimum atomic E-state index is 0.716. The highest BCUT2D eigenvalue weighted by Gasteiger charge is 2.09. The van der Waals surface area contributed by atoms with Gasteiger partial charge in [0.05, 0.1) is 11.1 Å². The van der Waals surface area contributed by atoms with Gasteiger partial charge in [-0.3, -0.25) is 0 Å². The molecular formula is C12H13N5S2. The minimum Gasteiger partial charge on any atom is -0.372 e. The molecule has 0 spiro atoms. The van der Waals surface area contributed by atoms with Gasteiger partial charge in [-0.2, -0.15) is 0 Å². The second kappa shape index (κ2) is 5.18. The fourth-order valence-corrected chi connectivity index (χ4v) is 3.34. The number of imidazole rings is 1. The zero-order chi connectivity index (χ0) is 13.2. The van der Waals surface area contributed by atoms with Crippen molar-refractivity contribution in [3.63, 3.8) is 0 Å². The predicted octanol–water partition coefficient (Wildman–Crippen LogP) is 2.76. The standard InChI is InChI=1S/C12H13N5S2/c1-13-10-8-3-6-18-11(8)16-9(15-10)7-19-12-14-4-5-17(12)2/h3-6H,7H2,1-2H3,(H,13,15,16). The monoisotopic (exact) mass is 291 g/mol. The molecule has 0 aromatic carbocycles. The van der Waals surface area contributed by atoms with Gasteiger partial charge in [-0.15, -0.1) is 11.3 Å².